The summed E-state index contributed by atoms with van der Waals surface area (Å²) in [6.07, 6.45) is 1.09. The molecule has 2 aromatic rings. The monoisotopic (exact) mass is 262 g/mol. The molecule has 0 saturated carbocycles. The van der Waals surface area contributed by atoms with Gasteiger partial charge in [-0.05, 0) is 52.2 Å². The standard InChI is InChI=1S/C14H22N4O/c1-4-18(9-5-8-17(2)3)14-16-12-10-11(15)6-7-13(12)19-14/h6-7,10H,4-5,8-9,15H2,1-3H3. The fourth-order valence-electron chi connectivity index (χ4n) is 2.03. The molecule has 0 radical (unpaired) electrons. The maximum absolute atomic E-state index is 5.78. The Morgan fingerprint density at radius 3 is 2.74 bits per heavy atom. The Bertz CT molecular complexity index is 535. The van der Waals surface area contributed by atoms with Crippen LogP contribution in [-0.4, -0.2) is 43.6 Å². The first-order valence-corrected chi connectivity index (χ1v) is 6.66. The van der Waals surface area contributed by atoms with Crippen molar-refractivity contribution < 1.29 is 4.42 Å². The molecule has 0 aliphatic heterocycles. The molecule has 1 aromatic carbocycles. The summed E-state index contributed by atoms with van der Waals surface area (Å²) in [5.74, 6) is 0. The molecule has 0 fully saturated rings. The summed E-state index contributed by atoms with van der Waals surface area (Å²) < 4.78 is 5.78. The van der Waals surface area contributed by atoms with Crippen LogP contribution in [0.3, 0.4) is 0 Å². The second-order valence-corrected chi connectivity index (χ2v) is 4.96. The van der Waals surface area contributed by atoms with Crippen molar-refractivity contribution in [3.63, 3.8) is 0 Å². The molecule has 19 heavy (non-hydrogen) atoms. The lowest BCUT2D eigenvalue weighted by atomic mass is 10.3. The third-order valence-electron chi connectivity index (χ3n) is 3.09. The highest BCUT2D eigenvalue weighted by Crippen LogP contribution is 2.23. The topological polar surface area (TPSA) is 58.5 Å². The number of fused-ring (bicyclic) bond motifs is 1. The lowest BCUT2D eigenvalue weighted by Gasteiger charge is -2.19. The Morgan fingerprint density at radius 1 is 1.26 bits per heavy atom. The van der Waals surface area contributed by atoms with Gasteiger partial charge in [0.1, 0.15) is 5.52 Å². The highest BCUT2D eigenvalue weighted by Gasteiger charge is 2.12. The molecule has 2 rings (SSSR count). The van der Waals surface area contributed by atoms with Crippen LogP contribution < -0.4 is 10.6 Å². The average molecular weight is 262 g/mol. The minimum atomic E-state index is 0.682. The number of anilines is 2. The highest BCUT2D eigenvalue weighted by atomic mass is 16.4. The summed E-state index contributed by atoms with van der Waals surface area (Å²) in [6.45, 7) is 5.00. The van der Waals surface area contributed by atoms with E-state index in [-0.39, 0.29) is 0 Å². The van der Waals surface area contributed by atoms with Crippen molar-refractivity contribution in [1.82, 2.24) is 9.88 Å². The molecule has 0 saturated heterocycles. The van der Waals surface area contributed by atoms with E-state index >= 15 is 0 Å². The third kappa shape index (κ3) is 3.38. The van der Waals surface area contributed by atoms with Crippen LogP contribution in [0.25, 0.3) is 11.1 Å². The van der Waals surface area contributed by atoms with E-state index in [1.54, 1.807) is 0 Å². The number of hydrogen-bond donors (Lipinski definition) is 1. The molecule has 2 N–H and O–H groups in total. The van der Waals surface area contributed by atoms with Gasteiger partial charge in [0.15, 0.2) is 5.58 Å². The van der Waals surface area contributed by atoms with Crippen molar-refractivity contribution >= 4 is 22.8 Å². The van der Waals surface area contributed by atoms with Crippen molar-refractivity contribution in [2.24, 2.45) is 0 Å². The summed E-state index contributed by atoms with van der Waals surface area (Å²) in [4.78, 5) is 8.84. The summed E-state index contributed by atoms with van der Waals surface area (Å²) in [6, 6.07) is 6.23. The van der Waals surface area contributed by atoms with Crippen LogP contribution >= 0.6 is 0 Å². The van der Waals surface area contributed by atoms with Crippen molar-refractivity contribution in [3.8, 4) is 0 Å². The van der Waals surface area contributed by atoms with Crippen LogP contribution in [0.15, 0.2) is 22.6 Å². The van der Waals surface area contributed by atoms with Crippen molar-refractivity contribution in [3.05, 3.63) is 18.2 Å². The SMILES string of the molecule is CCN(CCCN(C)C)c1nc2cc(N)ccc2o1. The van der Waals surface area contributed by atoms with Gasteiger partial charge in [-0.2, -0.15) is 4.98 Å². The zero-order valence-corrected chi connectivity index (χ0v) is 11.9. The van der Waals surface area contributed by atoms with Gasteiger partial charge in [0, 0.05) is 18.8 Å². The Balaban J connectivity index is 2.11. The molecular weight excluding hydrogens is 240 g/mol. The smallest absolute Gasteiger partial charge is 0.298 e. The number of hydrogen-bond acceptors (Lipinski definition) is 5. The van der Waals surface area contributed by atoms with Gasteiger partial charge in [0.2, 0.25) is 0 Å². The molecule has 0 bridgehead atoms. The van der Waals surface area contributed by atoms with E-state index in [1.807, 2.05) is 18.2 Å². The molecule has 1 aromatic heterocycles. The first kappa shape index (κ1) is 13.7. The van der Waals surface area contributed by atoms with E-state index in [0.717, 1.165) is 37.2 Å². The van der Waals surface area contributed by atoms with E-state index in [4.69, 9.17) is 10.2 Å². The molecule has 0 atom stereocenters. The molecule has 1 heterocycles. The number of rotatable bonds is 6. The van der Waals surface area contributed by atoms with Gasteiger partial charge < -0.3 is 20.0 Å². The molecule has 104 valence electrons. The predicted octanol–water partition coefficient (Wildman–Crippen LogP) is 2.19. The second kappa shape index (κ2) is 5.93. The molecule has 5 heteroatoms. The molecule has 5 nitrogen and oxygen atoms in total. The lowest BCUT2D eigenvalue weighted by molar-refractivity contribution is 0.398. The lowest BCUT2D eigenvalue weighted by Crippen LogP contribution is -2.27. The zero-order valence-electron chi connectivity index (χ0n) is 11.9. The van der Waals surface area contributed by atoms with E-state index < -0.39 is 0 Å². The van der Waals surface area contributed by atoms with E-state index in [0.29, 0.717) is 11.7 Å². The first-order valence-electron chi connectivity index (χ1n) is 6.66. The summed E-state index contributed by atoms with van der Waals surface area (Å²) in [5.41, 5.74) is 8.07. The Labute approximate surface area is 114 Å². The van der Waals surface area contributed by atoms with Crippen LogP contribution in [0.1, 0.15) is 13.3 Å². The molecule has 0 amide bonds. The van der Waals surface area contributed by atoms with Crippen molar-refractivity contribution in [2.45, 2.75) is 13.3 Å². The maximum Gasteiger partial charge on any atom is 0.298 e. The fourth-order valence-corrected chi connectivity index (χ4v) is 2.03. The van der Waals surface area contributed by atoms with E-state index in [1.165, 1.54) is 0 Å². The normalized spacial score (nSPS) is 11.4. The third-order valence-corrected chi connectivity index (χ3v) is 3.09. The van der Waals surface area contributed by atoms with Crippen molar-refractivity contribution in [2.75, 3.05) is 44.4 Å². The highest BCUT2D eigenvalue weighted by molar-refractivity contribution is 5.78. The molecule has 0 aliphatic rings. The van der Waals surface area contributed by atoms with Crippen LogP contribution in [0.5, 0.6) is 0 Å². The average Bonchev–Trinajstić information content (AvgIpc) is 2.76. The number of nitrogens with two attached hydrogens (primary N) is 1. The fraction of sp³-hybridized carbons (Fsp3) is 0.500. The minimum absolute atomic E-state index is 0.682. The molecule has 0 unspecified atom stereocenters. The van der Waals surface area contributed by atoms with E-state index in [9.17, 15) is 0 Å². The van der Waals surface area contributed by atoms with Crippen LogP contribution in [-0.2, 0) is 0 Å². The largest absolute Gasteiger partial charge is 0.423 e. The summed E-state index contributed by atoms with van der Waals surface area (Å²) >= 11 is 0. The second-order valence-electron chi connectivity index (χ2n) is 4.96. The predicted molar refractivity (Wildman–Crippen MR) is 79.5 cm³/mol. The Morgan fingerprint density at radius 2 is 2.05 bits per heavy atom. The maximum atomic E-state index is 5.78. The minimum Gasteiger partial charge on any atom is -0.423 e. The van der Waals surface area contributed by atoms with Gasteiger partial charge >= 0.3 is 0 Å². The van der Waals surface area contributed by atoms with Gasteiger partial charge in [-0.3, -0.25) is 0 Å². The van der Waals surface area contributed by atoms with Gasteiger partial charge in [-0.15, -0.1) is 0 Å². The van der Waals surface area contributed by atoms with Crippen LogP contribution in [0, 0.1) is 0 Å². The number of aromatic nitrogens is 1. The van der Waals surface area contributed by atoms with Gasteiger partial charge in [0.25, 0.3) is 6.01 Å². The summed E-state index contributed by atoms with van der Waals surface area (Å²) in [7, 11) is 4.16. The number of nitrogen functional groups attached to an aromatic ring is 1. The van der Waals surface area contributed by atoms with Gasteiger partial charge in [-0.1, -0.05) is 0 Å². The Hall–Kier alpha value is -1.75. The Kier molecular flexibility index (Phi) is 4.27. The molecule has 0 aliphatic carbocycles. The number of benzene rings is 1. The van der Waals surface area contributed by atoms with Gasteiger partial charge in [-0.25, -0.2) is 0 Å². The van der Waals surface area contributed by atoms with E-state index in [2.05, 4.69) is 35.8 Å². The van der Waals surface area contributed by atoms with Gasteiger partial charge in [0.05, 0.1) is 0 Å². The quantitative estimate of drug-likeness (QED) is 0.809. The number of nitrogens with zero attached hydrogens (tertiary/aromatic N) is 3. The first-order chi connectivity index (χ1) is 9.10. The zero-order chi connectivity index (χ0) is 13.8. The molecule has 0 spiro atoms. The summed E-state index contributed by atoms with van der Waals surface area (Å²) in [5, 5.41) is 0. The number of oxazole rings is 1. The van der Waals surface area contributed by atoms with Crippen LogP contribution in [0.2, 0.25) is 0 Å². The molecular formula is C14H22N4O. The van der Waals surface area contributed by atoms with Crippen molar-refractivity contribution in [1.29, 1.82) is 0 Å². The van der Waals surface area contributed by atoms with Crippen LogP contribution in [0.4, 0.5) is 11.7 Å².